The summed E-state index contributed by atoms with van der Waals surface area (Å²) in [7, 11) is 0.371. The molecule has 4 aromatic rings. The molecule has 6 rings (SSSR count). The number of hydrogen-bond acceptors (Lipinski definition) is 4. The van der Waals surface area contributed by atoms with Crippen molar-refractivity contribution < 1.29 is 35.1 Å². The molecule has 1 fully saturated rings. The Labute approximate surface area is 380 Å². The van der Waals surface area contributed by atoms with E-state index in [-0.39, 0.29) is 26.8 Å². The number of hydrogen-bond donors (Lipinski definition) is 2. The summed E-state index contributed by atoms with van der Waals surface area (Å²) < 4.78 is 13.9. The molecule has 2 N–H and O–H groups in total. The molecule has 0 spiro atoms. The Kier molecular flexibility index (Phi) is 15.5. The van der Waals surface area contributed by atoms with Crippen molar-refractivity contribution >= 4 is 15.9 Å². The monoisotopic (exact) mass is 900 g/mol. The van der Waals surface area contributed by atoms with Crippen molar-refractivity contribution in [3.8, 4) is 34.5 Å². The molecule has 7 heteroatoms. The van der Waals surface area contributed by atoms with Gasteiger partial charge in [0.25, 0.3) is 0 Å². The van der Waals surface area contributed by atoms with E-state index in [0.717, 1.165) is 34.1 Å². The van der Waals surface area contributed by atoms with Gasteiger partial charge in [-0.15, -0.1) is 0 Å². The van der Waals surface area contributed by atoms with Gasteiger partial charge in [0.05, 0.1) is 0 Å². The first-order valence-corrected chi connectivity index (χ1v) is 29.9. The van der Waals surface area contributed by atoms with E-state index in [2.05, 4.69) is 158 Å². The molecule has 1 heterocycles. The maximum absolute atomic E-state index is 12.3. The standard InChI is InChI=1S/C54H76O4S2.Ti/c1-33(2)41-21-19-22-42(34(3)4)51(41)57-45-29-39(53(9,10)11)27-37(49(45)55)31-59-47-25-17-15-16-18-26-48(47)60-32-38-28-40(54(12,13)14)30-46(50(38)56)58-52-43(35(5)6)23-20-24-44(52)36(7)8;/h19-24,27-30,33-36,47-48,55-56H,15-18,25-26,31-32H2,1-14H3;/t47-,48?;/m0./s1. The van der Waals surface area contributed by atoms with Crippen LogP contribution in [-0.2, 0) is 37.8 Å². The number of rotatable bonds is 12. The minimum absolute atomic E-state index is 0.109. The van der Waals surface area contributed by atoms with Crippen molar-refractivity contribution in [2.45, 2.75) is 192 Å². The van der Waals surface area contributed by atoms with Gasteiger partial charge in [0.2, 0.25) is 0 Å². The van der Waals surface area contributed by atoms with Crippen LogP contribution in [0.1, 0.15) is 204 Å². The fraction of sp³-hybridized carbons (Fsp3) is 0.556. The van der Waals surface area contributed by atoms with Crippen LogP contribution in [0.4, 0.5) is 0 Å². The average molecular weight is 901 g/mol. The molecular formula is C54H76O4S2Ti. The SMILES string of the molecule is CC(C)c1cccc(C(C)C)c1Oc1cc(C(C)(C)C)cc(C[S]2=[Ti]=[S](Cc3cc(C(C)(C)C)cc(Oc4c(C(C)C)cccc4C(C)C)c3O)[C@H]3CCCCCCC32)c1O. The summed E-state index contributed by atoms with van der Waals surface area (Å²) in [4.78, 5) is 0. The van der Waals surface area contributed by atoms with Gasteiger partial charge in [-0.2, -0.15) is 0 Å². The molecule has 4 aromatic carbocycles. The van der Waals surface area contributed by atoms with E-state index in [4.69, 9.17) is 9.47 Å². The first kappa shape index (κ1) is 48.0. The van der Waals surface area contributed by atoms with Crippen molar-refractivity contribution in [1.82, 2.24) is 0 Å². The van der Waals surface area contributed by atoms with E-state index in [9.17, 15) is 10.2 Å². The maximum atomic E-state index is 12.3. The Morgan fingerprint density at radius 1 is 0.541 bits per heavy atom. The number of ether oxygens (including phenoxy) is 2. The molecule has 1 aliphatic heterocycles. The molecule has 4 nitrogen and oxygen atoms in total. The second-order valence-electron chi connectivity index (χ2n) is 21.1. The first-order valence-electron chi connectivity index (χ1n) is 23.1. The molecule has 0 bridgehead atoms. The van der Waals surface area contributed by atoms with E-state index in [1.54, 1.807) is 0 Å². The molecule has 332 valence electrons. The average Bonchev–Trinajstić information content (AvgIpc) is 3.46. The third-order valence-corrected chi connectivity index (χ3v) is 28.7. The number of aromatic hydroxyl groups is 2. The zero-order chi connectivity index (χ0) is 44.6. The number of fused-ring (bicyclic) bond motifs is 1. The molecule has 0 radical (unpaired) electrons. The molecule has 0 saturated heterocycles. The third-order valence-electron chi connectivity index (χ3n) is 12.8. The van der Waals surface area contributed by atoms with E-state index < -0.39 is 15.5 Å². The zero-order valence-electron chi connectivity index (χ0n) is 39.9. The van der Waals surface area contributed by atoms with Crippen LogP contribution in [0.25, 0.3) is 0 Å². The van der Waals surface area contributed by atoms with Gasteiger partial charge in [-0.3, -0.25) is 0 Å². The molecule has 1 aliphatic carbocycles. The molecule has 2 aliphatic rings. The van der Waals surface area contributed by atoms with Crippen molar-refractivity contribution in [3.05, 3.63) is 105 Å². The quantitative estimate of drug-likeness (QED) is 0.139. The van der Waals surface area contributed by atoms with Gasteiger partial charge in [-0.25, -0.2) is 0 Å². The van der Waals surface area contributed by atoms with Gasteiger partial charge in [-0.05, 0) is 0 Å². The van der Waals surface area contributed by atoms with Gasteiger partial charge < -0.3 is 0 Å². The predicted octanol–water partition coefficient (Wildman–Crippen LogP) is 17.0. The molecule has 1 saturated carbocycles. The van der Waals surface area contributed by atoms with Crippen molar-refractivity contribution in [1.29, 1.82) is 0 Å². The number of phenolic OH excluding ortho intramolecular Hbond substituents is 2. The molecule has 61 heavy (non-hydrogen) atoms. The Morgan fingerprint density at radius 2 is 0.869 bits per heavy atom. The number of benzene rings is 4. The Balaban J connectivity index is 1.47. The van der Waals surface area contributed by atoms with Crippen LogP contribution in [0.5, 0.6) is 34.5 Å². The number of phenols is 2. The normalized spacial score (nSPS) is 19.8. The topological polar surface area (TPSA) is 58.9 Å². The van der Waals surface area contributed by atoms with Crippen molar-refractivity contribution in [2.24, 2.45) is 0 Å². The van der Waals surface area contributed by atoms with Crippen LogP contribution >= 0.6 is 15.9 Å². The van der Waals surface area contributed by atoms with Crippen molar-refractivity contribution in [3.63, 3.8) is 0 Å². The van der Waals surface area contributed by atoms with Crippen molar-refractivity contribution in [2.75, 3.05) is 0 Å². The third kappa shape index (κ3) is 11.1. The molecule has 4 atom stereocenters. The molecule has 0 amide bonds. The van der Waals surface area contributed by atoms with Gasteiger partial charge in [0.1, 0.15) is 0 Å². The molecule has 3 unspecified atom stereocenters. The molecular weight excluding hydrogens is 825 g/mol. The van der Waals surface area contributed by atoms with Gasteiger partial charge >= 0.3 is 383 Å². The van der Waals surface area contributed by atoms with Gasteiger partial charge in [-0.1, -0.05) is 0 Å². The second kappa shape index (κ2) is 19.7. The second-order valence-corrected chi connectivity index (χ2v) is 32.5. The minimum atomic E-state index is -0.432. The van der Waals surface area contributed by atoms with Crippen LogP contribution in [0.2, 0.25) is 0 Å². The van der Waals surface area contributed by atoms with Gasteiger partial charge in [0.15, 0.2) is 0 Å². The van der Waals surface area contributed by atoms with Crippen LogP contribution in [0, 0.1) is 0 Å². The summed E-state index contributed by atoms with van der Waals surface area (Å²) in [6.07, 6.45) is 7.75. The van der Waals surface area contributed by atoms with Crippen LogP contribution in [-0.4, -0.2) is 20.7 Å². The Hall–Kier alpha value is -2.51. The van der Waals surface area contributed by atoms with Crippen LogP contribution in [0.3, 0.4) is 0 Å². The summed E-state index contributed by atoms with van der Waals surface area (Å²) in [5, 5.41) is 25.9. The van der Waals surface area contributed by atoms with E-state index in [0.29, 0.717) is 57.2 Å². The van der Waals surface area contributed by atoms with Crippen LogP contribution in [0.15, 0.2) is 60.7 Å². The summed E-state index contributed by atoms with van der Waals surface area (Å²) in [5.41, 5.74) is 8.99. The predicted molar refractivity (Wildman–Crippen MR) is 261 cm³/mol. The van der Waals surface area contributed by atoms with E-state index in [1.807, 2.05) is 0 Å². The molecule has 0 aromatic heterocycles. The Bertz CT molecular complexity index is 2070. The summed E-state index contributed by atoms with van der Waals surface area (Å²) >= 11 is -0.432. The first-order chi connectivity index (χ1) is 28.6. The van der Waals surface area contributed by atoms with E-state index >= 15 is 0 Å². The number of para-hydroxylation sites is 2. The summed E-state index contributed by atoms with van der Waals surface area (Å²) in [5.74, 6) is 6.58. The van der Waals surface area contributed by atoms with E-state index in [1.165, 1.54) is 71.9 Å². The van der Waals surface area contributed by atoms with Gasteiger partial charge in [0, 0.05) is 0 Å². The fourth-order valence-electron chi connectivity index (χ4n) is 8.93. The Morgan fingerprint density at radius 3 is 1.16 bits per heavy atom. The summed E-state index contributed by atoms with van der Waals surface area (Å²) in [6.45, 7) is 31.4. The summed E-state index contributed by atoms with van der Waals surface area (Å²) in [6, 6.07) is 21.8. The zero-order valence-corrected chi connectivity index (χ0v) is 43.1. The fourth-order valence-corrected chi connectivity index (χ4v) is 29.8. The van der Waals surface area contributed by atoms with Crippen LogP contribution < -0.4 is 9.47 Å².